The van der Waals surface area contributed by atoms with Crippen LogP contribution in [0.3, 0.4) is 0 Å². The molecule has 26 heavy (non-hydrogen) atoms. The van der Waals surface area contributed by atoms with Gasteiger partial charge in [0.2, 0.25) is 5.91 Å². The molecule has 6 nitrogen and oxygen atoms in total. The van der Waals surface area contributed by atoms with Gasteiger partial charge in [-0.3, -0.25) is 4.79 Å². The Labute approximate surface area is 160 Å². The van der Waals surface area contributed by atoms with Gasteiger partial charge in [-0.05, 0) is 18.6 Å². The number of nitrogens with zero attached hydrogens (tertiary/aromatic N) is 4. The van der Waals surface area contributed by atoms with E-state index in [9.17, 15) is 4.79 Å². The molecule has 1 aliphatic rings. The first-order chi connectivity index (χ1) is 12.5. The molecule has 0 aliphatic carbocycles. The van der Waals surface area contributed by atoms with Crippen LogP contribution in [-0.4, -0.2) is 39.6 Å². The number of nitrogens with one attached hydrogen (secondary N) is 1. The minimum Gasteiger partial charge on any atom is -0.354 e. The molecule has 3 heterocycles. The third-order valence-electron chi connectivity index (χ3n) is 4.54. The fraction of sp³-hybridized carbons (Fsp3) is 0.278. The zero-order valence-electron chi connectivity index (χ0n) is 14.1. The van der Waals surface area contributed by atoms with Crippen LogP contribution in [0, 0.1) is 0 Å². The second-order valence-electron chi connectivity index (χ2n) is 6.36. The minimum absolute atomic E-state index is 0.0164. The van der Waals surface area contributed by atoms with Gasteiger partial charge in [-0.1, -0.05) is 23.2 Å². The maximum atomic E-state index is 11.3. The van der Waals surface area contributed by atoms with Crippen LogP contribution in [0.2, 0.25) is 10.0 Å². The lowest BCUT2D eigenvalue weighted by Gasteiger charge is -2.20. The molecule has 1 fully saturated rings. The monoisotopic (exact) mass is 389 g/mol. The summed E-state index contributed by atoms with van der Waals surface area (Å²) in [6.45, 7) is 3.06. The van der Waals surface area contributed by atoms with E-state index in [1.165, 1.54) is 6.92 Å². The summed E-state index contributed by atoms with van der Waals surface area (Å²) in [7, 11) is 0. The smallest absolute Gasteiger partial charge is 0.217 e. The zero-order chi connectivity index (χ0) is 18.3. The van der Waals surface area contributed by atoms with Gasteiger partial charge in [0.05, 0.1) is 27.6 Å². The van der Waals surface area contributed by atoms with Crippen molar-refractivity contribution in [3.05, 3.63) is 47.0 Å². The summed E-state index contributed by atoms with van der Waals surface area (Å²) in [6, 6.07) is 5.83. The minimum atomic E-state index is -0.0164. The van der Waals surface area contributed by atoms with Crippen LogP contribution < -0.4 is 10.2 Å². The number of rotatable bonds is 3. The summed E-state index contributed by atoms with van der Waals surface area (Å²) in [5.41, 5.74) is 1.59. The number of aromatic nitrogens is 3. The van der Waals surface area contributed by atoms with E-state index in [2.05, 4.69) is 15.2 Å². The summed E-state index contributed by atoms with van der Waals surface area (Å²) >= 11 is 12.6. The number of hydrogen-bond donors (Lipinski definition) is 1. The lowest BCUT2D eigenvalue weighted by Crippen LogP contribution is -2.35. The molecule has 0 radical (unpaired) electrons. The van der Waals surface area contributed by atoms with Crippen molar-refractivity contribution in [3.63, 3.8) is 0 Å². The van der Waals surface area contributed by atoms with E-state index in [0.717, 1.165) is 29.9 Å². The number of fused-ring (bicyclic) bond motifs is 1. The van der Waals surface area contributed by atoms with Gasteiger partial charge < -0.3 is 14.8 Å². The van der Waals surface area contributed by atoms with Gasteiger partial charge in [-0.2, -0.15) is 0 Å². The van der Waals surface area contributed by atoms with Gasteiger partial charge in [-0.15, -0.1) is 0 Å². The Morgan fingerprint density at radius 2 is 2.19 bits per heavy atom. The predicted octanol–water partition coefficient (Wildman–Crippen LogP) is 3.44. The first kappa shape index (κ1) is 17.1. The van der Waals surface area contributed by atoms with E-state index in [-0.39, 0.29) is 11.9 Å². The lowest BCUT2D eigenvalue weighted by molar-refractivity contribution is -0.119. The van der Waals surface area contributed by atoms with Crippen LogP contribution in [-0.2, 0) is 4.79 Å². The topological polar surface area (TPSA) is 63.1 Å². The van der Waals surface area contributed by atoms with Gasteiger partial charge in [0, 0.05) is 49.9 Å². The third-order valence-corrected chi connectivity index (χ3v) is 5.33. The first-order valence-corrected chi connectivity index (χ1v) is 9.07. The number of hydrogen-bond acceptors (Lipinski definition) is 4. The summed E-state index contributed by atoms with van der Waals surface area (Å²) in [5, 5.41) is 4.78. The number of pyridine rings is 1. The average molecular weight is 390 g/mol. The molecule has 1 aromatic carbocycles. The van der Waals surface area contributed by atoms with E-state index >= 15 is 0 Å². The van der Waals surface area contributed by atoms with Gasteiger partial charge in [0.25, 0.3) is 0 Å². The molecule has 1 saturated heterocycles. The number of anilines is 1. The Bertz CT molecular complexity index is 973. The van der Waals surface area contributed by atoms with Crippen LogP contribution in [0.1, 0.15) is 13.3 Å². The standard InChI is InChI=1S/C18H17Cl2N5O/c1-11(26)22-12-4-6-24(9-12)16-8-15(25-7-5-21-10-25)13-2-3-14(19)17(20)18(13)23-16/h2-3,5,7-8,10,12H,4,6,9H2,1H3,(H,22,26)/t12-/m1/s1. The molecular formula is C18H17Cl2N5O. The van der Waals surface area contributed by atoms with Gasteiger partial charge in [0.1, 0.15) is 5.82 Å². The third kappa shape index (κ3) is 3.10. The van der Waals surface area contributed by atoms with E-state index in [1.807, 2.05) is 22.9 Å². The normalized spacial score (nSPS) is 17.0. The molecule has 8 heteroatoms. The number of halogens is 2. The highest BCUT2D eigenvalue weighted by Crippen LogP contribution is 2.35. The van der Waals surface area contributed by atoms with Crippen LogP contribution in [0.25, 0.3) is 16.6 Å². The Hall–Kier alpha value is -2.31. The molecule has 0 unspecified atom stereocenters. The summed E-state index contributed by atoms with van der Waals surface area (Å²) < 4.78 is 1.93. The molecule has 1 atom stereocenters. The van der Waals surface area contributed by atoms with E-state index in [4.69, 9.17) is 28.2 Å². The Balaban J connectivity index is 1.81. The van der Waals surface area contributed by atoms with Crippen molar-refractivity contribution >= 4 is 45.8 Å². The Kier molecular flexibility index (Phi) is 4.46. The fourth-order valence-electron chi connectivity index (χ4n) is 3.35. The van der Waals surface area contributed by atoms with Crippen molar-refractivity contribution in [2.24, 2.45) is 0 Å². The zero-order valence-corrected chi connectivity index (χ0v) is 15.6. The van der Waals surface area contributed by atoms with Crippen LogP contribution in [0.5, 0.6) is 0 Å². The molecule has 0 spiro atoms. The molecule has 2 aromatic heterocycles. The van der Waals surface area contributed by atoms with Crippen molar-refractivity contribution in [1.82, 2.24) is 19.9 Å². The summed E-state index contributed by atoms with van der Waals surface area (Å²) in [4.78, 5) is 22.4. The Morgan fingerprint density at radius 3 is 2.92 bits per heavy atom. The van der Waals surface area contributed by atoms with Crippen LogP contribution >= 0.6 is 23.2 Å². The largest absolute Gasteiger partial charge is 0.354 e. The van der Waals surface area contributed by atoms with E-state index in [1.54, 1.807) is 18.6 Å². The summed E-state index contributed by atoms with van der Waals surface area (Å²) in [6.07, 6.45) is 6.23. The molecule has 1 N–H and O–H groups in total. The predicted molar refractivity (Wildman–Crippen MR) is 103 cm³/mol. The highest BCUT2D eigenvalue weighted by Gasteiger charge is 2.25. The molecule has 4 rings (SSSR count). The second-order valence-corrected chi connectivity index (χ2v) is 7.14. The SMILES string of the molecule is CC(=O)N[C@@H]1CCN(c2cc(-n3ccnc3)c3ccc(Cl)c(Cl)c3n2)C1. The van der Waals surface area contributed by atoms with Gasteiger partial charge >= 0.3 is 0 Å². The van der Waals surface area contributed by atoms with Crippen molar-refractivity contribution in [2.45, 2.75) is 19.4 Å². The second kappa shape index (κ2) is 6.78. The average Bonchev–Trinajstić information content (AvgIpc) is 3.29. The lowest BCUT2D eigenvalue weighted by atomic mass is 10.1. The van der Waals surface area contributed by atoms with Crippen molar-refractivity contribution in [3.8, 4) is 5.69 Å². The molecule has 1 aliphatic heterocycles. The molecule has 3 aromatic rings. The highest BCUT2D eigenvalue weighted by atomic mass is 35.5. The number of carbonyl (C=O) groups is 1. The van der Waals surface area contributed by atoms with Gasteiger partial charge in [0.15, 0.2) is 0 Å². The first-order valence-electron chi connectivity index (χ1n) is 8.32. The maximum Gasteiger partial charge on any atom is 0.217 e. The molecule has 134 valence electrons. The fourth-order valence-corrected chi connectivity index (χ4v) is 3.71. The van der Waals surface area contributed by atoms with Crippen LogP contribution in [0.15, 0.2) is 36.9 Å². The molecule has 1 amide bonds. The van der Waals surface area contributed by atoms with E-state index < -0.39 is 0 Å². The highest BCUT2D eigenvalue weighted by molar-refractivity contribution is 6.45. The van der Waals surface area contributed by atoms with Gasteiger partial charge in [-0.25, -0.2) is 9.97 Å². The number of imidazole rings is 1. The summed E-state index contributed by atoms with van der Waals surface area (Å²) in [5.74, 6) is 0.787. The molecule has 0 saturated carbocycles. The number of amides is 1. The van der Waals surface area contributed by atoms with E-state index in [0.29, 0.717) is 22.1 Å². The van der Waals surface area contributed by atoms with Crippen molar-refractivity contribution in [1.29, 1.82) is 0 Å². The van der Waals surface area contributed by atoms with Crippen LogP contribution in [0.4, 0.5) is 5.82 Å². The van der Waals surface area contributed by atoms with Crippen molar-refractivity contribution in [2.75, 3.05) is 18.0 Å². The molecular weight excluding hydrogens is 373 g/mol. The quantitative estimate of drug-likeness (QED) is 0.744. The maximum absolute atomic E-state index is 11.3. The number of benzene rings is 1. The Morgan fingerprint density at radius 1 is 1.35 bits per heavy atom. The molecule has 0 bridgehead atoms. The van der Waals surface area contributed by atoms with Crippen molar-refractivity contribution < 1.29 is 4.79 Å². The number of carbonyl (C=O) groups excluding carboxylic acids is 1.